The number of aromatic hydroxyl groups is 1. The van der Waals surface area contributed by atoms with Crippen LogP contribution >= 0.6 is 0 Å². The summed E-state index contributed by atoms with van der Waals surface area (Å²) in [7, 11) is 0. The van der Waals surface area contributed by atoms with Crippen molar-refractivity contribution in [3.63, 3.8) is 0 Å². The molecule has 2 aliphatic heterocycles. The first-order valence-corrected chi connectivity index (χ1v) is 12.5. The van der Waals surface area contributed by atoms with Crippen LogP contribution in [0.1, 0.15) is 47.4 Å². The van der Waals surface area contributed by atoms with Gasteiger partial charge >= 0.3 is 0 Å². The van der Waals surface area contributed by atoms with E-state index in [1.54, 1.807) is 17.0 Å². The number of morpholine rings is 1. The number of amides is 1. The standard InChI is InChI=1S/C27H34N4O4/c1-18(2)3-6-24-22-14-23(26(32)15-25(22)29-28-24)27(33)31-16-19-4-5-21(13-20(19)17-31)35-12-9-30-7-10-34-11-8-30/h4-5,13-15,18,32H,3,6-12,16-17H2,1-2H3,(H,28,29). The van der Waals surface area contributed by atoms with Gasteiger partial charge in [0.05, 0.1) is 30.0 Å². The van der Waals surface area contributed by atoms with Crippen molar-refractivity contribution in [3.05, 3.63) is 52.7 Å². The van der Waals surface area contributed by atoms with Crippen LogP contribution in [0.4, 0.5) is 0 Å². The highest BCUT2D eigenvalue weighted by molar-refractivity contribution is 6.01. The van der Waals surface area contributed by atoms with Crippen molar-refractivity contribution in [2.75, 3.05) is 39.5 Å². The molecular formula is C27H34N4O4. The zero-order valence-electron chi connectivity index (χ0n) is 20.5. The normalized spacial score (nSPS) is 16.3. The number of rotatable bonds is 8. The quantitative estimate of drug-likeness (QED) is 0.513. The number of carbonyl (C=O) groups excluding carboxylic acids is 1. The van der Waals surface area contributed by atoms with Crippen LogP contribution in [0.15, 0.2) is 30.3 Å². The van der Waals surface area contributed by atoms with Crippen molar-refractivity contribution < 1.29 is 19.4 Å². The molecule has 1 saturated heterocycles. The van der Waals surface area contributed by atoms with Gasteiger partial charge in [-0.3, -0.25) is 14.8 Å². The second kappa shape index (κ2) is 10.3. The molecule has 186 valence electrons. The van der Waals surface area contributed by atoms with Gasteiger partial charge in [0.2, 0.25) is 0 Å². The molecule has 0 aliphatic carbocycles. The summed E-state index contributed by atoms with van der Waals surface area (Å²) in [6.07, 6.45) is 1.85. The number of nitrogens with zero attached hydrogens (tertiary/aromatic N) is 3. The zero-order valence-corrected chi connectivity index (χ0v) is 20.5. The van der Waals surface area contributed by atoms with Crippen molar-refractivity contribution in [2.24, 2.45) is 5.92 Å². The summed E-state index contributed by atoms with van der Waals surface area (Å²) in [5.41, 5.74) is 4.20. The predicted molar refractivity (Wildman–Crippen MR) is 134 cm³/mol. The Kier molecular flexibility index (Phi) is 6.92. The number of hydrogen-bond acceptors (Lipinski definition) is 6. The first kappa shape index (κ1) is 23.6. The third kappa shape index (κ3) is 5.28. The van der Waals surface area contributed by atoms with Crippen molar-refractivity contribution in [2.45, 2.75) is 39.8 Å². The molecular weight excluding hydrogens is 444 g/mol. The number of ether oxygens (including phenoxy) is 2. The maximum atomic E-state index is 13.4. The van der Waals surface area contributed by atoms with E-state index in [0.717, 1.165) is 79.2 Å². The highest BCUT2D eigenvalue weighted by atomic mass is 16.5. The maximum absolute atomic E-state index is 13.4. The van der Waals surface area contributed by atoms with E-state index in [-0.39, 0.29) is 11.7 Å². The third-order valence-corrected chi connectivity index (χ3v) is 6.91. The van der Waals surface area contributed by atoms with Gasteiger partial charge in [0.1, 0.15) is 18.1 Å². The van der Waals surface area contributed by atoms with Gasteiger partial charge in [0.15, 0.2) is 0 Å². The van der Waals surface area contributed by atoms with Crippen molar-refractivity contribution >= 4 is 16.8 Å². The Morgan fingerprint density at radius 2 is 1.97 bits per heavy atom. The van der Waals surface area contributed by atoms with Crippen LogP contribution in [0, 0.1) is 5.92 Å². The molecule has 8 nitrogen and oxygen atoms in total. The second-order valence-electron chi connectivity index (χ2n) is 9.91. The number of aromatic amines is 1. The largest absolute Gasteiger partial charge is 0.507 e. The van der Waals surface area contributed by atoms with E-state index in [1.807, 2.05) is 18.2 Å². The van der Waals surface area contributed by atoms with Crippen LogP contribution < -0.4 is 4.74 Å². The number of H-pyrrole nitrogens is 1. The number of aromatic nitrogens is 2. The van der Waals surface area contributed by atoms with E-state index in [2.05, 4.69) is 28.9 Å². The van der Waals surface area contributed by atoms with Crippen LogP contribution in [0.2, 0.25) is 0 Å². The SMILES string of the molecule is CC(C)CCc1n[nH]c2cc(O)c(C(=O)N3Cc4ccc(OCCN5CCOCC5)cc4C3)cc12. The lowest BCUT2D eigenvalue weighted by molar-refractivity contribution is 0.0322. The summed E-state index contributed by atoms with van der Waals surface area (Å²) in [5.74, 6) is 1.19. The van der Waals surface area contributed by atoms with Crippen LogP contribution in [-0.4, -0.2) is 70.5 Å². The molecule has 0 radical (unpaired) electrons. The minimum Gasteiger partial charge on any atom is -0.507 e. The Morgan fingerprint density at radius 1 is 1.17 bits per heavy atom. The molecule has 2 N–H and O–H groups in total. The lowest BCUT2D eigenvalue weighted by Crippen LogP contribution is -2.38. The van der Waals surface area contributed by atoms with Crippen molar-refractivity contribution in [3.8, 4) is 11.5 Å². The number of nitrogens with one attached hydrogen (secondary N) is 1. The van der Waals surface area contributed by atoms with Crippen molar-refractivity contribution in [1.29, 1.82) is 0 Å². The van der Waals surface area contributed by atoms with E-state index >= 15 is 0 Å². The highest BCUT2D eigenvalue weighted by Crippen LogP contribution is 2.32. The predicted octanol–water partition coefficient (Wildman–Crippen LogP) is 3.72. The van der Waals surface area contributed by atoms with Crippen LogP contribution in [-0.2, 0) is 24.2 Å². The Bertz CT molecular complexity index is 1200. The van der Waals surface area contributed by atoms with Gasteiger partial charge < -0.3 is 19.5 Å². The summed E-state index contributed by atoms with van der Waals surface area (Å²) in [5, 5.41) is 18.9. The minimum atomic E-state index is -0.175. The highest BCUT2D eigenvalue weighted by Gasteiger charge is 2.27. The van der Waals surface area contributed by atoms with Gasteiger partial charge in [0.25, 0.3) is 5.91 Å². The van der Waals surface area contributed by atoms with Gasteiger partial charge in [0, 0.05) is 44.2 Å². The monoisotopic (exact) mass is 478 g/mol. The molecule has 3 aromatic rings. The Hall–Kier alpha value is -3.10. The fourth-order valence-electron chi connectivity index (χ4n) is 4.79. The lowest BCUT2D eigenvalue weighted by atomic mass is 10.0. The number of aryl methyl sites for hydroxylation is 1. The first-order chi connectivity index (χ1) is 17.0. The summed E-state index contributed by atoms with van der Waals surface area (Å²) in [6.45, 7) is 10.3. The number of carbonyl (C=O) groups is 1. The van der Waals surface area contributed by atoms with Crippen molar-refractivity contribution in [1.82, 2.24) is 20.0 Å². The Balaban J connectivity index is 1.25. The van der Waals surface area contributed by atoms with Gasteiger partial charge in [-0.05, 0) is 48.1 Å². The van der Waals surface area contributed by atoms with E-state index in [4.69, 9.17) is 9.47 Å². The lowest BCUT2D eigenvalue weighted by Gasteiger charge is -2.26. The molecule has 1 amide bonds. The number of benzene rings is 2. The van der Waals surface area contributed by atoms with Gasteiger partial charge in [-0.25, -0.2) is 0 Å². The smallest absolute Gasteiger partial charge is 0.258 e. The average molecular weight is 479 g/mol. The molecule has 0 bridgehead atoms. The molecule has 35 heavy (non-hydrogen) atoms. The fourth-order valence-corrected chi connectivity index (χ4v) is 4.79. The molecule has 1 fully saturated rings. The molecule has 5 rings (SSSR count). The first-order valence-electron chi connectivity index (χ1n) is 12.5. The van der Waals surface area contributed by atoms with E-state index in [9.17, 15) is 9.90 Å². The van der Waals surface area contributed by atoms with E-state index < -0.39 is 0 Å². The zero-order chi connectivity index (χ0) is 24.4. The van der Waals surface area contributed by atoms with Gasteiger partial charge in [-0.15, -0.1) is 0 Å². The number of hydrogen-bond donors (Lipinski definition) is 2. The summed E-state index contributed by atoms with van der Waals surface area (Å²) < 4.78 is 11.4. The van der Waals surface area contributed by atoms with Gasteiger partial charge in [-0.2, -0.15) is 5.10 Å². The average Bonchev–Trinajstić information content (AvgIpc) is 3.45. The second-order valence-corrected chi connectivity index (χ2v) is 9.91. The number of fused-ring (bicyclic) bond motifs is 2. The van der Waals surface area contributed by atoms with Gasteiger partial charge in [-0.1, -0.05) is 19.9 Å². The topological polar surface area (TPSA) is 90.9 Å². The molecule has 2 aliphatic rings. The molecule has 3 heterocycles. The molecule has 1 aromatic heterocycles. The van der Waals surface area contributed by atoms with Crippen LogP contribution in [0.25, 0.3) is 10.9 Å². The molecule has 2 aromatic carbocycles. The minimum absolute atomic E-state index is 0.0235. The van der Waals surface area contributed by atoms with E-state index in [0.29, 0.717) is 31.2 Å². The number of phenols is 1. The Labute approximate surface area is 205 Å². The molecule has 0 atom stereocenters. The summed E-state index contributed by atoms with van der Waals surface area (Å²) in [6, 6.07) is 9.44. The molecule has 0 unspecified atom stereocenters. The maximum Gasteiger partial charge on any atom is 0.258 e. The third-order valence-electron chi connectivity index (χ3n) is 6.91. The van der Waals surface area contributed by atoms with Crippen LogP contribution in [0.3, 0.4) is 0 Å². The van der Waals surface area contributed by atoms with Crippen LogP contribution in [0.5, 0.6) is 11.5 Å². The Morgan fingerprint density at radius 3 is 2.77 bits per heavy atom. The molecule has 0 spiro atoms. The number of phenolic OH excluding ortho intramolecular Hbond substituents is 1. The summed E-state index contributed by atoms with van der Waals surface area (Å²) >= 11 is 0. The molecule has 8 heteroatoms. The molecule has 0 saturated carbocycles. The fraction of sp³-hybridized carbons (Fsp3) is 0.481. The summed E-state index contributed by atoms with van der Waals surface area (Å²) in [4.78, 5) is 17.5. The van der Waals surface area contributed by atoms with E-state index in [1.165, 1.54) is 0 Å².